The Morgan fingerprint density at radius 2 is 2.09 bits per heavy atom. The highest BCUT2D eigenvalue weighted by atomic mass is 32.2. The van der Waals surface area contributed by atoms with Crippen LogP contribution in [0.3, 0.4) is 0 Å². The molecule has 3 rings (SSSR count). The van der Waals surface area contributed by atoms with Crippen LogP contribution >= 0.6 is 11.8 Å². The molecule has 0 aliphatic heterocycles. The normalized spacial score (nSPS) is 12.1. The molecular weight excluding hydrogens is 300 g/mol. The minimum atomic E-state index is 0.0138. The second kappa shape index (κ2) is 6.57. The van der Waals surface area contributed by atoms with Gasteiger partial charge in [-0.25, -0.2) is 9.97 Å². The molecule has 7 heteroatoms. The summed E-state index contributed by atoms with van der Waals surface area (Å²) in [4.78, 5) is 12.8. The number of nitrogens with zero attached hydrogens (tertiary/aromatic N) is 4. The predicted molar refractivity (Wildman–Crippen MR) is 82.6 cm³/mol. The molecule has 0 N–H and O–H groups in total. The van der Waals surface area contributed by atoms with E-state index in [2.05, 4.69) is 20.1 Å². The fourth-order valence-corrected chi connectivity index (χ4v) is 2.66. The van der Waals surface area contributed by atoms with E-state index in [9.17, 15) is 0 Å². The Hall–Kier alpha value is -2.41. The van der Waals surface area contributed by atoms with Gasteiger partial charge in [0.05, 0.1) is 17.4 Å². The van der Waals surface area contributed by atoms with Gasteiger partial charge in [-0.15, -0.1) is 0 Å². The van der Waals surface area contributed by atoms with Crippen molar-refractivity contribution in [1.82, 2.24) is 20.1 Å². The summed E-state index contributed by atoms with van der Waals surface area (Å²) in [5, 5.41) is 4.95. The van der Waals surface area contributed by atoms with Crippen molar-refractivity contribution >= 4 is 11.8 Å². The maximum Gasteiger partial charge on any atom is 0.240 e. The monoisotopic (exact) mass is 314 g/mol. The van der Waals surface area contributed by atoms with Crippen LogP contribution in [-0.4, -0.2) is 27.2 Å². The first-order valence-corrected chi connectivity index (χ1v) is 7.56. The summed E-state index contributed by atoms with van der Waals surface area (Å²) in [6.07, 6.45) is 3.41. The molecule has 0 aromatic carbocycles. The van der Waals surface area contributed by atoms with E-state index < -0.39 is 0 Å². The summed E-state index contributed by atoms with van der Waals surface area (Å²) < 4.78 is 10.5. The van der Waals surface area contributed by atoms with Crippen LogP contribution in [0, 0.1) is 0 Å². The molecule has 22 heavy (non-hydrogen) atoms. The van der Waals surface area contributed by atoms with E-state index in [-0.39, 0.29) is 5.25 Å². The van der Waals surface area contributed by atoms with Gasteiger partial charge >= 0.3 is 0 Å². The molecule has 3 aromatic rings. The lowest BCUT2D eigenvalue weighted by molar-refractivity contribution is 0.380. The third kappa shape index (κ3) is 3.25. The van der Waals surface area contributed by atoms with E-state index in [1.807, 2.05) is 31.2 Å². The molecule has 1 atom stereocenters. The Bertz CT molecular complexity index is 748. The van der Waals surface area contributed by atoms with Crippen molar-refractivity contribution in [1.29, 1.82) is 0 Å². The molecule has 0 aliphatic rings. The molecule has 3 heterocycles. The maximum absolute atomic E-state index is 5.36. The van der Waals surface area contributed by atoms with Crippen LogP contribution in [0.15, 0.2) is 52.3 Å². The van der Waals surface area contributed by atoms with Crippen molar-refractivity contribution in [3.05, 3.63) is 48.6 Å². The molecule has 0 radical (unpaired) electrons. The predicted octanol–water partition coefficient (Wildman–Crippen LogP) is 3.39. The largest absolute Gasteiger partial charge is 0.481 e. The van der Waals surface area contributed by atoms with Gasteiger partial charge in [-0.3, -0.25) is 0 Å². The summed E-state index contributed by atoms with van der Waals surface area (Å²) in [6.45, 7) is 2.00. The van der Waals surface area contributed by atoms with E-state index in [1.165, 1.54) is 0 Å². The number of rotatable bonds is 5. The second-order valence-electron chi connectivity index (χ2n) is 4.47. The molecular formula is C15H14N4O2S. The lowest BCUT2D eigenvalue weighted by Crippen LogP contribution is -1.91. The van der Waals surface area contributed by atoms with Crippen molar-refractivity contribution < 1.29 is 9.26 Å². The Morgan fingerprint density at radius 3 is 2.86 bits per heavy atom. The van der Waals surface area contributed by atoms with Crippen molar-refractivity contribution in [2.24, 2.45) is 0 Å². The second-order valence-corrected chi connectivity index (χ2v) is 5.83. The molecule has 6 nitrogen and oxygen atoms in total. The number of hydrogen-bond donors (Lipinski definition) is 0. The molecule has 1 unspecified atom stereocenters. The maximum atomic E-state index is 5.36. The number of pyridine rings is 2. The Kier molecular flexibility index (Phi) is 4.34. The summed E-state index contributed by atoms with van der Waals surface area (Å²) in [6, 6.07) is 9.37. The van der Waals surface area contributed by atoms with E-state index in [0.717, 1.165) is 10.6 Å². The lowest BCUT2D eigenvalue weighted by Gasteiger charge is -2.04. The Morgan fingerprint density at radius 1 is 1.18 bits per heavy atom. The molecule has 0 fully saturated rings. The number of aromatic nitrogens is 4. The molecule has 112 valence electrons. The highest BCUT2D eigenvalue weighted by Crippen LogP contribution is 2.33. The van der Waals surface area contributed by atoms with Gasteiger partial charge in [-0.1, -0.05) is 23.0 Å². The van der Waals surface area contributed by atoms with Crippen molar-refractivity contribution in [3.8, 4) is 17.3 Å². The van der Waals surface area contributed by atoms with Crippen LogP contribution < -0.4 is 4.74 Å². The van der Waals surface area contributed by atoms with Gasteiger partial charge in [-0.05, 0) is 25.1 Å². The first kappa shape index (κ1) is 14.5. The standard InChI is InChI=1S/C15H14N4O2S/c1-10(22-13-5-3-4-7-17-13)15-18-14(19-21-15)11-6-8-16-12(9-11)20-2/h3-10H,1-2H3. The minimum absolute atomic E-state index is 0.0138. The zero-order valence-electron chi connectivity index (χ0n) is 12.1. The first-order chi connectivity index (χ1) is 10.8. The van der Waals surface area contributed by atoms with Crippen LogP contribution in [0.2, 0.25) is 0 Å². The van der Waals surface area contributed by atoms with E-state index in [4.69, 9.17) is 9.26 Å². The minimum Gasteiger partial charge on any atom is -0.481 e. The van der Waals surface area contributed by atoms with Gasteiger partial charge in [0.1, 0.15) is 0 Å². The van der Waals surface area contributed by atoms with Gasteiger partial charge < -0.3 is 9.26 Å². The van der Waals surface area contributed by atoms with E-state index in [1.54, 1.807) is 37.3 Å². The zero-order valence-corrected chi connectivity index (χ0v) is 12.9. The summed E-state index contributed by atoms with van der Waals surface area (Å²) in [5.74, 6) is 1.59. The lowest BCUT2D eigenvalue weighted by atomic mass is 10.2. The van der Waals surface area contributed by atoms with Gasteiger partial charge in [0.2, 0.25) is 17.6 Å². The molecule has 3 aromatic heterocycles. The van der Waals surface area contributed by atoms with Gasteiger partial charge in [0, 0.05) is 24.0 Å². The van der Waals surface area contributed by atoms with Crippen molar-refractivity contribution in [2.75, 3.05) is 7.11 Å². The quantitative estimate of drug-likeness (QED) is 0.668. The molecule has 0 aliphatic carbocycles. The van der Waals surface area contributed by atoms with Crippen molar-refractivity contribution in [3.63, 3.8) is 0 Å². The summed E-state index contributed by atoms with van der Waals surface area (Å²) >= 11 is 1.57. The Labute approximate surface area is 132 Å². The SMILES string of the molecule is COc1cc(-c2noc(C(C)Sc3ccccn3)n2)ccn1. The van der Waals surface area contributed by atoms with Gasteiger partial charge in [0.15, 0.2) is 0 Å². The number of ether oxygens (including phenoxy) is 1. The third-order valence-electron chi connectivity index (χ3n) is 2.93. The molecule has 0 saturated heterocycles. The van der Waals surface area contributed by atoms with Crippen LogP contribution in [0.1, 0.15) is 18.1 Å². The van der Waals surface area contributed by atoms with Crippen LogP contribution in [0.25, 0.3) is 11.4 Å². The van der Waals surface area contributed by atoms with Crippen LogP contribution in [0.5, 0.6) is 5.88 Å². The van der Waals surface area contributed by atoms with E-state index >= 15 is 0 Å². The molecule has 0 bridgehead atoms. The highest BCUT2D eigenvalue weighted by Gasteiger charge is 2.17. The number of thioether (sulfide) groups is 1. The number of methoxy groups -OCH3 is 1. The zero-order chi connectivity index (χ0) is 15.4. The average molecular weight is 314 g/mol. The third-order valence-corrected chi connectivity index (χ3v) is 3.97. The van der Waals surface area contributed by atoms with Crippen molar-refractivity contribution in [2.45, 2.75) is 17.2 Å². The fraction of sp³-hybridized carbons (Fsp3) is 0.200. The van der Waals surface area contributed by atoms with Gasteiger partial charge in [-0.2, -0.15) is 4.98 Å². The summed E-state index contributed by atoms with van der Waals surface area (Å²) in [7, 11) is 1.57. The topological polar surface area (TPSA) is 73.9 Å². The Balaban J connectivity index is 1.78. The van der Waals surface area contributed by atoms with Crippen LogP contribution in [-0.2, 0) is 0 Å². The first-order valence-electron chi connectivity index (χ1n) is 6.68. The molecule has 0 spiro atoms. The van der Waals surface area contributed by atoms with E-state index in [0.29, 0.717) is 17.6 Å². The number of hydrogen-bond acceptors (Lipinski definition) is 7. The highest BCUT2D eigenvalue weighted by molar-refractivity contribution is 7.99. The summed E-state index contributed by atoms with van der Waals surface area (Å²) in [5.41, 5.74) is 0.803. The average Bonchev–Trinajstić information content (AvgIpc) is 3.06. The molecule has 0 saturated carbocycles. The smallest absolute Gasteiger partial charge is 0.240 e. The van der Waals surface area contributed by atoms with Gasteiger partial charge in [0.25, 0.3) is 0 Å². The van der Waals surface area contributed by atoms with Crippen LogP contribution in [0.4, 0.5) is 0 Å². The molecule has 0 amide bonds. The fourth-order valence-electron chi connectivity index (χ4n) is 1.83.